The van der Waals surface area contributed by atoms with Crippen molar-refractivity contribution in [2.24, 2.45) is 0 Å². The van der Waals surface area contributed by atoms with Gasteiger partial charge in [0.05, 0.1) is 0 Å². The standard InChI is InChI=1S/C5H6F3/c1-3-5(2,8)4(6)7/h3H,1H2,2H3. The zero-order valence-corrected chi connectivity index (χ0v) is 4.42. The fourth-order valence-electron chi connectivity index (χ4n) is 0.0772. The van der Waals surface area contributed by atoms with E-state index in [-0.39, 0.29) is 0 Å². The summed E-state index contributed by atoms with van der Waals surface area (Å²) in [6.07, 6.45) is -1.70. The summed E-state index contributed by atoms with van der Waals surface area (Å²) < 4.78 is 34.6. The lowest BCUT2D eigenvalue weighted by Gasteiger charge is -2.10. The van der Waals surface area contributed by atoms with Gasteiger partial charge >= 0.3 is 6.43 Å². The van der Waals surface area contributed by atoms with Gasteiger partial charge in [0.1, 0.15) is 0 Å². The molecule has 0 rings (SSSR count). The molecular weight excluding hydrogens is 117 g/mol. The molecule has 0 bridgehead atoms. The van der Waals surface area contributed by atoms with Crippen LogP contribution < -0.4 is 0 Å². The minimum absolute atomic E-state index is 0.558. The maximum atomic E-state index is 12.0. The molecule has 1 radical (unpaired) electrons. The molecular formula is C5H6F3. The van der Waals surface area contributed by atoms with E-state index in [1.807, 2.05) is 0 Å². The van der Waals surface area contributed by atoms with Crippen LogP contribution in [0.4, 0.5) is 13.2 Å². The van der Waals surface area contributed by atoms with E-state index in [1.54, 1.807) is 0 Å². The number of hydrogen-bond donors (Lipinski definition) is 0. The molecule has 1 unspecified atom stereocenters. The molecule has 0 nitrogen and oxygen atoms in total. The van der Waals surface area contributed by atoms with Gasteiger partial charge < -0.3 is 0 Å². The Morgan fingerprint density at radius 2 is 2.00 bits per heavy atom. The smallest absolute Gasteiger partial charge is 0.233 e. The molecule has 0 saturated heterocycles. The fraction of sp³-hybridized carbons (Fsp3) is 0.400. The Labute approximate surface area is 46.0 Å². The molecule has 0 saturated carbocycles. The summed E-state index contributed by atoms with van der Waals surface area (Å²) in [4.78, 5) is 0. The van der Waals surface area contributed by atoms with Gasteiger partial charge in [0.2, 0.25) is 0 Å². The molecule has 0 N–H and O–H groups in total. The van der Waals surface area contributed by atoms with Gasteiger partial charge in [-0.15, -0.1) is 0 Å². The highest BCUT2D eigenvalue weighted by atomic mass is 19.3. The van der Waals surface area contributed by atoms with Crippen LogP contribution in [-0.2, 0) is 0 Å². The number of rotatable bonds is 2. The average Bonchev–Trinajstić information content (AvgIpc) is 1.67. The highest BCUT2D eigenvalue weighted by molar-refractivity contribution is 5.02. The lowest BCUT2D eigenvalue weighted by atomic mass is 10.1. The summed E-state index contributed by atoms with van der Waals surface area (Å²) in [5, 5.41) is 0. The molecule has 0 aliphatic rings. The van der Waals surface area contributed by atoms with Gasteiger partial charge in [0.25, 0.3) is 0 Å². The first kappa shape index (κ1) is 7.53. The zero-order chi connectivity index (χ0) is 6.78. The van der Waals surface area contributed by atoms with E-state index >= 15 is 0 Å². The largest absolute Gasteiger partial charge is 0.350 e. The number of halogens is 3. The summed E-state index contributed by atoms with van der Waals surface area (Å²) >= 11 is 0. The Kier molecular flexibility index (Phi) is 2.07. The van der Waals surface area contributed by atoms with E-state index in [1.165, 1.54) is 0 Å². The topological polar surface area (TPSA) is 0 Å². The Hall–Kier alpha value is -0.470. The molecule has 0 aromatic carbocycles. The number of hydrogen-bond acceptors (Lipinski definition) is 0. The SMILES string of the molecule is C=CC(C)(F)[C](F)F. The summed E-state index contributed by atoms with van der Waals surface area (Å²) in [5.74, 6) is 0. The maximum Gasteiger partial charge on any atom is 0.350 e. The van der Waals surface area contributed by atoms with Crippen LogP contribution in [0.1, 0.15) is 6.92 Å². The Morgan fingerprint density at radius 3 is 2.00 bits per heavy atom. The van der Waals surface area contributed by atoms with Crippen molar-refractivity contribution in [3.8, 4) is 0 Å². The summed E-state index contributed by atoms with van der Waals surface area (Å²) in [5.41, 5.74) is -2.61. The van der Waals surface area contributed by atoms with Gasteiger partial charge in [0, 0.05) is 0 Å². The fourth-order valence-corrected chi connectivity index (χ4v) is 0.0772. The summed E-state index contributed by atoms with van der Waals surface area (Å²) in [6, 6.07) is 0. The second-order valence-corrected chi connectivity index (χ2v) is 1.54. The van der Waals surface area contributed by atoms with Crippen molar-refractivity contribution in [1.29, 1.82) is 0 Å². The molecule has 0 heterocycles. The van der Waals surface area contributed by atoms with Crippen molar-refractivity contribution in [2.75, 3.05) is 0 Å². The first-order valence-electron chi connectivity index (χ1n) is 2.01. The Bertz CT molecular complexity index is 85.7. The third-order valence-electron chi connectivity index (χ3n) is 0.753. The van der Waals surface area contributed by atoms with Crippen LogP contribution in [0.15, 0.2) is 12.7 Å². The van der Waals surface area contributed by atoms with E-state index in [0.29, 0.717) is 6.08 Å². The number of allylic oxidation sites excluding steroid dienone is 1. The van der Waals surface area contributed by atoms with Gasteiger partial charge in [-0.25, -0.2) is 4.39 Å². The molecule has 0 spiro atoms. The van der Waals surface area contributed by atoms with Crippen LogP contribution >= 0.6 is 0 Å². The Balaban J connectivity index is 3.90. The summed E-state index contributed by atoms with van der Waals surface area (Å²) in [6.45, 7) is 3.62. The second-order valence-electron chi connectivity index (χ2n) is 1.54. The minimum atomic E-state index is -2.61. The molecule has 0 amide bonds. The van der Waals surface area contributed by atoms with Gasteiger partial charge in [-0.3, -0.25) is 0 Å². The van der Waals surface area contributed by atoms with Crippen molar-refractivity contribution in [1.82, 2.24) is 0 Å². The van der Waals surface area contributed by atoms with Crippen LogP contribution in [-0.4, -0.2) is 5.67 Å². The highest BCUT2D eigenvalue weighted by Gasteiger charge is 2.33. The normalized spacial score (nSPS) is 18.1. The van der Waals surface area contributed by atoms with Gasteiger partial charge in [-0.1, -0.05) is 6.58 Å². The first-order valence-corrected chi connectivity index (χ1v) is 2.01. The van der Waals surface area contributed by atoms with Gasteiger partial charge in [-0.2, -0.15) is 8.78 Å². The van der Waals surface area contributed by atoms with E-state index in [9.17, 15) is 13.2 Å². The van der Waals surface area contributed by atoms with Crippen LogP contribution in [0.2, 0.25) is 0 Å². The predicted molar refractivity (Wildman–Crippen MR) is 25.2 cm³/mol. The molecule has 0 aromatic rings. The van der Waals surface area contributed by atoms with Crippen molar-refractivity contribution < 1.29 is 13.2 Å². The van der Waals surface area contributed by atoms with Crippen LogP contribution in [0.3, 0.4) is 0 Å². The van der Waals surface area contributed by atoms with Crippen molar-refractivity contribution >= 4 is 0 Å². The highest BCUT2D eigenvalue weighted by Crippen LogP contribution is 2.26. The van der Waals surface area contributed by atoms with E-state index in [0.717, 1.165) is 6.92 Å². The number of alkyl halides is 1. The van der Waals surface area contributed by atoms with Crippen LogP contribution in [0, 0.1) is 6.43 Å². The third kappa shape index (κ3) is 1.56. The molecule has 47 valence electrons. The lowest BCUT2D eigenvalue weighted by molar-refractivity contribution is 0.113. The quantitative estimate of drug-likeness (QED) is 0.494. The zero-order valence-electron chi connectivity index (χ0n) is 4.42. The van der Waals surface area contributed by atoms with Crippen molar-refractivity contribution in [3.63, 3.8) is 0 Å². The van der Waals surface area contributed by atoms with Crippen molar-refractivity contribution in [2.45, 2.75) is 12.6 Å². The van der Waals surface area contributed by atoms with Gasteiger partial charge in [-0.05, 0) is 13.0 Å². The minimum Gasteiger partial charge on any atom is -0.233 e. The lowest BCUT2D eigenvalue weighted by Crippen LogP contribution is -2.17. The van der Waals surface area contributed by atoms with Gasteiger partial charge in [0.15, 0.2) is 5.67 Å². The second kappa shape index (κ2) is 2.20. The maximum absolute atomic E-state index is 12.0. The monoisotopic (exact) mass is 123 g/mol. The van der Waals surface area contributed by atoms with Crippen molar-refractivity contribution in [3.05, 3.63) is 19.1 Å². The molecule has 3 heteroatoms. The average molecular weight is 123 g/mol. The summed E-state index contributed by atoms with van der Waals surface area (Å²) in [7, 11) is 0. The van der Waals surface area contributed by atoms with E-state index in [2.05, 4.69) is 6.58 Å². The Morgan fingerprint density at radius 1 is 1.62 bits per heavy atom. The third-order valence-corrected chi connectivity index (χ3v) is 0.753. The molecule has 0 fully saturated rings. The molecule has 0 aliphatic heterocycles. The first-order chi connectivity index (χ1) is 3.50. The van der Waals surface area contributed by atoms with E-state index < -0.39 is 12.1 Å². The molecule has 0 aromatic heterocycles. The van der Waals surface area contributed by atoms with Crippen LogP contribution in [0.25, 0.3) is 0 Å². The molecule has 1 atom stereocenters. The van der Waals surface area contributed by atoms with Crippen LogP contribution in [0.5, 0.6) is 0 Å². The predicted octanol–water partition coefficient (Wildman–Crippen LogP) is 2.33. The molecule has 8 heavy (non-hydrogen) atoms. The molecule has 0 aliphatic carbocycles. The van der Waals surface area contributed by atoms with E-state index in [4.69, 9.17) is 0 Å².